The van der Waals surface area contributed by atoms with Crippen molar-refractivity contribution in [2.45, 2.75) is 33.6 Å². The molecule has 1 N–H and O–H groups in total. The molecule has 0 unspecified atom stereocenters. The summed E-state index contributed by atoms with van der Waals surface area (Å²) in [6.45, 7) is 6.13. The molecule has 0 bridgehead atoms. The second-order valence-electron chi connectivity index (χ2n) is 5.86. The maximum Gasteiger partial charge on any atom is 0.230 e. The quantitative estimate of drug-likeness (QED) is 0.786. The number of carbonyl (C=O) groups excluding carboxylic acids is 1. The second kappa shape index (κ2) is 6.24. The first kappa shape index (κ1) is 15.3. The van der Waals surface area contributed by atoms with Gasteiger partial charge in [0.1, 0.15) is 5.69 Å². The van der Waals surface area contributed by atoms with Crippen molar-refractivity contribution < 1.29 is 9.32 Å². The van der Waals surface area contributed by atoms with E-state index in [0.717, 1.165) is 34.2 Å². The van der Waals surface area contributed by atoms with Gasteiger partial charge < -0.3 is 9.84 Å². The van der Waals surface area contributed by atoms with Gasteiger partial charge in [-0.15, -0.1) is 0 Å². The van der Waals surface area contributed by atoms with Gasteiger partial charge in [0.15, 0.2) is 5.58 Å². The van der Waals surface area contributed by atoms with Gasteiger partial charge in [0.05, 0.1) is 6.42 Å². The monoisotopic (exact) mass is 308 g/mol. The zero-order valence-corrected chi connectivity index (χ0v) is 13.6. The van der Waals surface area contributed by atoms with Gasteiger partial charge in [-0.3, -0.25) is 4.79 Å². The molecule has 3 aromatic rings. The number of hydrogen-bond acceptors (Lipinski definition) is 3. The zero-order chi connectivity index (χ0) is 16.4. The Balaban J connectivity index is 1.77. The molecular formula is C19H20N2O2. The molecule has 0 saturated carbocycles. The van der Waals surface area contributed by atoms with E-state index in [1.54, 1.807) is 0 Å². The summed E-state index contributed by atoms with van der Waals surface area (Å²) in [6.07, 6.45) is 1.18. The SMILES string of the molecule is CCc1ccc(NC(=O)Cc2noc3cc(C)cc(C)c23)cc1. The molecule has 0 aliphatic heterocycles. The average molecular weight is 308 g/mol. The fourth-order valence-electron chi connectivity index (χ4n) is 2.82. The Kier molecular flexibility index (Phi) is 4.15. The van der Waals surface area contributed by atoms with Gasteiger partial charge in [-0.1, -0.05) is 30.3 Å². The van der Waals surface area contributed by atoms with Crippen LogP contribution in [0.15, 0.2) is 40.9 Å². The normalized spacial score (nSPS) is 10.9. The summed E-state index contributed by atoms with van der Waals surface area (Å²) < 4.78 is 5.36. The summed E-state index contributed by atoms with van der Waals surface area (Å²) in [7, 11) is 0. The minimum absolute atomic E-state index is 0.0931. The minimum Gasteiger partial charge on any atom is -0.356 e. The lowest BCUT2D eigenvalue weighted by atomic mass is 10.0. The Morgan fingerprint density at radius 1 is 1.17 bits per heavy atom. The highest BCUT2D eigenvalue weighted by Crippen LogP contribution is 2.24. The van der Waals surface area contributed by atoms with Crippen LogP contribution in [0.1, 0.15) is 29.3 Å². The molecule has 0 atom stereocenters. The number of nitrogens with one attached hydrogen (secondary N) is 1. The number of aromatic nitrogens is 1. The summed E-state index contributed by atoms with van der Waals surface area (Å²) in [4.78, 5) is 12.3. The Bertz CT molecular complexity index is 848. The van der Waals surface area contributed by atoms with E-state index in [1.165, 1.54) is 5.56 Å². The van der Waals surface area contributed by atoms with Crippen molar-refractivity contribution in [3.05, 3.63) is 58.8 Å². The van der Waals surface area contributed by atoms with E-state index in [9.17, 15) is 4.79 Å². The molecule has 0 fully saturated rings. The van der Waals surface area contributed by atoms with Crippen LogP contribution in [-0.2, 0) is 17.6 Å². The number of aryl methyl sites for hydroxylation is 3. The number of carbonyl (C=O) groups is 1. The Hall–Kier alpha value is -2.62. The fourth-order valence-corrected chi connectivity index (χ4v) is 2.82. The van der Waals surface area contributed by atoms with Crippen molar-refractivity contribution in [2.75, 3.05) is 5.32 Å². The predicted octanol–water partition coefficient (Wildman–Crippen LogP) is 4.19. The molecule has 2 aromatic carbocycles. The summed E-state index contributed by atoms with van der Waals surface area (Å²) in [5.74, 6) is -0.0931. The third kappa shape index (κ3) is 3.26. The number of fused-ring (bicyclic) bond motifs is 1. The molecular weight excluding hydrogens is 288 g/mol. The average Bonchev–Trinajstić information content (AvgIpc) is 2.90. The number of benzene rings is 2. The number of rotatable bonds is 4. The molecule has 0 spiro atoms. The van der Waals surface area contributed by atoms with Crippen LogP contribution in [0.3, 0.4) is 0 Å². The van der Waals surface area contributed by atoms with Gasteiger partial charge in [0, 0.05) is 11.1 Å². The van der Waals surface area contributed by atoms with Crippen LogP contribution in [0.4, 0.5) is 5.69 Å². The van der Waals surface area contributed by atoms with Gasteiger partial charge in [-0.05, 0) is 55.2 Å². The summed E-state index contributed by atoms with van der Waals surface area (Å²) in [6, 6.07) is 11.9. The molecule has 23 heavy (non-hydrogen) atoms. The van der Waals surface area contributed by atoms with E-state index in [1.807, 2.05) is 44.2 Å². The molecule has 1 aromatic heterocycles. The van der Waals surface area contributed by atoms with E-state index in [0.29, 0.717) is 5.69 Å². The molecule has 118 valence electrons. The lowest BCUT2D eigenvalue weighted by Crippen LogP contribution is -2.14. The molecule has 4 nitrogen and oxygen atoms in total. The van der Waals surface area contributed by atoms with Crippen molar-refractivity contribution >= 4 is 22.6 Å². The summed E-state index contributed by atoms with van der Waals surface area (Å²) in [5.41, 5.74) is 5.66. The van der Waals surface area contributed by atoms with Gasteiger partial charge in [-0.25, -0.2) is 0 Å². The van der Waals surface area contributed by atoms with Crippen LogP contribution < -0.4 is 5.32 Å². The van der Waals surface area contributed by atoms with Crippen LogP contribution in [0.25, 0.3) is 11.0 Å². The Morgan fingerprint density at radius 2 is 1.91 bits per heavy atom. The van der Waals surface area contributed by atoms with Crippen molar-refractivity contribution in [1.29, 1.82) is 0 Å². The van der Waals surface area contributed by atoms with Crippen LogP contribution >= 0.6 is 0 Å². The van der Waals surface area contributed by atoms with E-state index < -0.39 is 0 Å². The Labute approximate surface area is 135 Å². The molecule has 1 heterocycles. The Morgan fingerprint density at radius 3 is 2.61 bits per heavy atom. The first-order valence-electron chi connectivity index (χ1n) is 7.81. The molecule has 4 heteroatoms. The van der Waals surface area contributed by atoms with Crippen molar-refractivity contribution in [1.82, 2.24) is 5.16 Å². The number of hydrogen-bond donors (Lipinski definition) is 1. The zero-order valence-electron chi connectivity index (χ0n) is 13.6. The lowest BCUT2D eigenvalue weighted by molar-refractivity contribution is -0.115. The van der Waals surface area contributed by atoms with Crippen molar-refractivity contribution in [2.24, 2.45) is 0 Å². The third-order valence-electron chi connectivity index (χ3n) is 3.96. The van der Waals surface area contributed by atoms with Gasteiger partial charge in [-0.2, -0.15) is 0 Å². The summed E-state index contributed by atoms with van der Waals surface area (Å²) in [5, 5.41) is 7.91. The summed E-state index contributed by atoms with van der Waals surface area (Å²) >= 11 is 0. The third-order valence-corrected chi connectivity index (χ3v) is 3.96. The first-order valence-corrected chi connectivity index (χ1v) is 7.81. The van der Waals surface area contributed by atoms with Crippen LogP contribution in [0.2, 0.25) is 0 Å². The van der Waals surface area contributed by atoms with E-state index in [4.69, 9.17) is 4.52 Å². The van der Waals surface area contributed by atoms with Crippen molar-refractivity contribution in [3.8, 4) is 0 Å². The molecule has 0 radical (unpaired) electrons. The highest BCUT2D eigenvalue weighted by molar-refractivity contribution is 5.95. The molecule has 3 rings (SSSR count). The molecule has 1 amide bonds. The molecule has 0 saturated heterocycles. The number of nitrogens with zero attached hydrogens (tertiary/aromatic N) is 1. The molecule has 0 aliphatic rings. The smallest absolute Gasteiger partial charge is 0.230 e. The van der Waals surface area contributed by atoms with Crippen molar-refractivity contribution in [3.63, 3.8) is 0 Å². The number of anilines is 1. The standard InChI is InChI=1S/C19H20N2O2/c1-4-14-5-7-15(8-6-14)20-18(22)11-16-19-13(3)9-12(2)10-17(19)23-21-16/h5-10H,4,11H2,1-3H3,(H,20,22). The predicted molar refractivity (Wildman–Crippen MR) is 91.6 cm³/mol. The lowest BCUT2D eigenvalue weighted by Gasteiger charge is -2.05. The largest absolute Gasteiger partial charge is 0.356 e. The minimum atomic E-state index is -0.0931. The van der Waals surface area contributed by atoms with Crippen LogP contribution in [0, 0.1) is 13.8 Å². The maximum atomic E-state index is 12.3. The van der Waals surface area contributed by atoms with E-state index >= 15 is 0 Å². The van der Waals surface area contributed by atoms with Gasteiger partial charge >= 0.3 is 0 Å². The maximum absolute atomic E-state index is 12.3. The van der Waals surface area contributed by atoms with Gasteiger partial charge in [0.25, 0.3) is 0 Å². The van der Waals surface area contributed by atoms with Gasteiger partial charge in [0.2, 0.25) is 5.91 Å². The topological polar surface area (TPSA) is 55.1 Å². The highest BCUT2D eigenvalue weighted by atomic mass is 16.5. The van der Waals surface area contributed by atoms with E-state index in [2.05, 4.69) is 23.5 Å². The second-order valence-corrected chi connectivity index (χ2v) is 5.86. The van der Waals surface area contributed by atoms with Crippen LogP contribution in [-0.4, -0.2) is 11.1 Å². The highest BCUT2D eigenvalue weighted by Gasteiger charge is 2.15. The fraction of sp³-hybridized carbons (Fsp3) is 0.263. The number of amides is 1. The first-order chi connectivity index (χ1) is 11.1. The van der Waals surface area contributed by atoms with Crippen LogP contribution in [0.5, 0.6) is 0 Å². The molecule has 0 aliphatic carbocycles. The van der Waals surface area contributed by atoms with E-state index in [-0.39, 0.29) is 12.3 Å².